The summed E-state index contributed by atoms with van der Waals surface area (Å²) >= 11 is 6.36. The van der Waals surface area contributed by atoms with Crippen LogP contribution < -0.4 is 5.32 Å². The molecule has 3 heterocycles. The van der Waals surface area contributed by atoms with Crippen LogP contribution in [0.2, 0.25) is 30.7 Å². The molecule has 3 aromatic heterocycles. The summed E-state index contributed by atoms with van der Waals surface area (Å²) in [7, 11) is -0.210. The highest BCUT2D eigenvalue weighted by atomic mass is 35.5. The smallest absolute Gasteiger partial charge is 0.339 e. The van der Waals surface area contributed by atoms with E-state index in [9.17, 15) is 27.2 Å². The molecule has 296 valence electrons. The van der Waals surface area contributed by atoms with Crippen LogP contribution in [0.1, 0.15) is 63.4 Å². The Hall–Kier alpha value is -4.74. The fourth-order valence-corrected chi connectivity index (χ4v) is 8.19. The van der Waals surface area contributed by atoms with Crippen molar-refractivity contribution in [3.63, 3.8) is 0 Å². The molecule has 0 bridgehead atoms. The number of hydrogen-bond donors (Lipinski definition) is 1. The molecule has 1 amide bonds. The highest BCUT2D eigenvalue weighted by Gasteiger charge is 2.67. The van der Waals surface area contributed by atoms with Crippen molar-refractivity contribution in [2.75, 3.05) is 13.7 Å². The topological polar surface area (TPSA) is 113 Å². The number of aromatic nitrogens is 5. The van der Waals surface area contributed by atoms with Crippen LogP contribution in [0, 0.1) is 17.6 Å². The molecular formula is C38H37ClF6N6O4Si. The molecule has 5 aromatic rings. The van der Waals surface area contributed by atoms with Gasteiger partial charge in [0, 0.05) is 37.8 Å². The number of carbonyl (C=O) groups excluding carboxylic acids is 2. The normalized spacial score (nSPS) is 17.6. The van der Waals surface area contributed by atoms with E-state index in [0.29, 0.717) is 39.5 Å². The Morgan fingerprint density at radius 2 is 1.79 bits per heavy atom. The van der Waals surface area contributed by atoms with Crippen molar-refractivity contribution in [1.29, 1.82) is 0 Å². The second kappa shape index (κ2) is 15.0. The molecule has 1 fully saturated rings. The number of benzene rings is 2. The summed E-state index contributed by atoms with van der Waals surface area (Å²) in [6, 6.07) is 8.72. The lowest BCUT2D eigenvalue weighted by atomic mass is 9.94. The predicted octanol–water partition coefficient (Wildman–Crippen LogP) is 8.57. The maximum absolute atomic E-state index is 15.4. The van der Waals surface area contributed by atoms with Crippen LogP contribution in [-0.4, -0.2) is 58.2 Å². The van der Waals surface area contributed by atoms with E-state index >= 15 is 8.78 Å². The maximum Gasteiger partial charge on any atom is 0.339 e. The van der Waals surface area contributed by atoms with Crippen LogP contribution in [-0.2, 0) is 39.9 Å². The van der Waals surface area contributed by atoms with Gasteiger partial charge >= 0.3 is 5.97 Å². The zero-order chi connectivity index (χ0) is 40.3. The van der Waals surface area contributed by atoms with Gasteiger partial charge in [-0.25, -0.2) is 32.0 Å². The number of alkyl halides is 4. The maximum atomic E-state index is 15.4. The predicted molar refractivity (Wildman–Crippen MR) is 196 cm³/mol. The minimum atomic E-state index is -3.47. The fraction of sp³-hybridized carbons (Fsp3) is 0.395. The molecule has 1 saturated carbocycles. The van der Waals surface area contributed by atoms with Crippen molar-refractivity contribution in [1.82, 2.24) is 29.9 Å². The largest absolute Gasteiger partial charge is 0.465 e. The van der Waals surface area contributed by atoms with Gasteiger partial charge in [-0.15, -0.1) is 0 Å². The Kier molecular flexibility index (Phi) is 10.6. The van der Waals surface area contributed by atoms with Crippen molar-refractivity contribution in [3.8, 4) is 11.1 Å². The Morgan fingerprint density at radius 1 is 1.05 bits per heavy atom. The molecule has 2 aromatic carbocycles. The summed E-state index contributed by atoms with van der Waals surface area (Å²) in [5.74, 6) is -8.82. The van der Waals surface area contributed by atoms with Crippen molar-refractivity contribution < 1.29 is 45.4 Å². The van der Waals surface area contributed by atoms with E-state index < -0.39 is 79.7 Å². The zero-order valence-electron chi connectivity index (χ0n) is 30.7. The molecule has 0 saturated heterocycles. The molecule has 10 nitrogen and oxygen atoms in total. The first-order valence-electron chi connectivity index (χ1n) is 17.8. The minimum absolute atomic E-state index is 0.00929. The summed E-state index contributed by atoms with van der Waals surface area (Å²) < 4.78 is 101. The van der Waals surface area contributed by atoms with Gasteiger partial charge in [0.1, 0.15) is 41.8 Å². The first-order valence-corrected chi connectivity index (χ1v) is 21.9. The number of hydrogen-bond acceptors (Lipinski definition) is 7. The second-order valence-corrected chi connectivity index (χ2v) is 21.3. The standard InChI is InChI=1S/C38H37ClF6N6O4Si/c1-54-37(53)25-12-20(5-6-27(25)39)23-15-30-29(16-46-51(30)18-55-7-8-56(2,3)4)48-33(23)28(11-19-9-21(40)13-22(41)10-19)47-31(52)17-50-35-32(34(49-50)36(42)43)24-14-26(24)38(35,44)45/h5-6,9-10,12-13,15-16,24,26,28,36H,7-8,11,14,17-18H2,1-4H3,(H,47,52)/t24-,26+,28?/m0/s1. The Labute approximate surface area is 323 Å². The lowest BCUT2D eigenvalue weighted by molar-refractivity contribution is -0.123. The number of fused-ring (bicyclic) bond motifs is 4. The van der Waals surface area contributed by atoms with Crippen molar-refractivity contribution in [2.24, 2.45) is 5.92 Å². The van der Waals surface area contributed by atoms with Crippen LogP contribution in [0.3, 0.4) is 0 Å². The number of rotatable bonds is 14. The van der Waals surface area contributed by atoms with Gasteiger partial charge < -0.3 is 14.8 Å². The third-order valence-electron chi connectivity index (χ3n) is 10.0. The number of amides is 1. The van der Waals surface area contributed by atoms with Gasteiger partial charge in [-0.2, -0.15) is 19.0 Å². The minimum Gasteiger partial charge on any atom is -0.465 e. The summed E-state index contributed by atoms with van der Waals surface area (Å²) in [6.07, 6.45) is -1.89. The Balaban J connectivity index is 1.32. The van der Waals surface area contributed by atoms with E-state index in [4.69, 9.17) is 26.1 Å². The van der Waals surface area contributed by atoms with Gasteiger partial charge in [-0.1, -0.05) is 37.3 Å². The van der Waals surface area contributed by atoms with E-state index in [1.54, 1.807) is 16.8 Å². The second-order valence-electron chi connectivity index (χ2n) is 15.3. The van der Waals surface area contributed by atoms with Gasteiger partial charge in [0.2, 0.25) is 5.91 Å². The highest BCUT2D eigenvalue weighted by Crippen LogP contribution is 2.68. The summed E-state index contributed by atoms with van der Waals surface area (Å²) in [4.78, 5) is 31.4. The van der Waals surface area contributed by atoms with E-state index in [1.165, 1.54) is 25.4 Å². The molecule has 1 unspecified atom stereocenters. The van der Waals surface area contributed by atoms with Crippen LogP contribution >= 0.6 is 11.6 Å². The van der Waals surface area contributed by atoms with E-state index in [-0.39, 0.29) is 47.0 Å². The molecule has 0 aliphatic heterocycles. The van der Waals surface area contributed by atoms with Gasteiger partial charge in [-0.05, 0) is 66.3 Å². The molecular weight excluding hydrogens is 782 g/mol. The van der Waals surface area contributed by atoms with Crippen LogP contribution in [0.25, 0.3) is 22.2 Å². The number of nitrogens with zero attached hydrogens (tertiary/aromatic N) is 5. The molecule has 7 rings (SSSR count). The monoisotopic (exact) mass is 818 g/mol. The molecule has 56 heavy (non-hydrogen) atoms. The third-order valence-corrected chi connectivity index (χ3v) is 12.1. The number of methoxy groups -OCH3 is 1. The Bertz CT molecular complexity index is 2330. The number of halogens is 7. The molecule has 0 spiro atoms. The van der Waals surface area contributed by atoms with Crippen LogP contribution in [0.15, 0.2) is 48.7 Å². The van der Waals surface area contributed by atoms with Crippen LogP contribution in [0.4, 0.5) is 26.3 Å². The van der Waals surface area contributed by atoms with Gasteiger partial charge in [0.25, 0.3) is 12.3 Å². The van der Waals surface area contributed by atoms with Gasteiger partial charge in [0.05, 0.1) is 41.1 Å². The third kappa shape index (κ3) is 7.80. The van der Waals surface area contributed by atoms with E-state index in [2.05, 4.69) is 35.2 Å². The quantitative estimate of drug-likeness (QED) is 0.0517. The highest BCUT2D eigenvalue weighted by molar-refractivity contribution is 6.76. The van der Waals surface area contributed by atoms with Crippen molar-refractivity contribution in [2.45, 2.75) is 76.1 Å². The van der Waals surface area contributed by atoms with Crippen LogP contribution in [0.5, 0.6) is 0 Å². The van der Waals surface area contributed by atoms with Gasteiger partial charge in [-0.3, -0.25) is 9.48 Å². The molecule has 1 N–H and O–H groups in total. The zero-order valence-corrected chi connectivity index (χ0v) is 32.4. The molecule has 3 atom stereocenters. The van der Waals surface area contributed by atoms with Crippen molar-refractivity contribution in [3.05, 3.63) is 99.1 Å². The number of carbonyl (C=O) groups is 2. The average molecular weight is 819 g/mol. The van der Waals surface area contributed by atoms with E-state index in [0.717, 1.165) is 18.2 Å². The summed E-state index contributed by atoms with van der Waals surface area (Å²) in [5.41, 5.74) is 0.0652. The summed E-state index contributed by atoms with van der Waals surface area (Å²) in [5, 5.41) is 11.0. The molecule has 18 heteroatoms. The Morgan fingerprint density at radius 3 is 2.46 bits per heavy atom. The van der Waals surface area contributed by atoms with E-state index in [1.807, 2.05) is 0 Å². The van der Waals surface area contributed by atoms with Gasteiger partial charge in [0.15, 0.2) is 0 Å². The lowest BCUT2D eigenvalue weighted by Crippen LogP contribution is -2.35. The first kappa shape index (κ1) is 39.5. The lowest BCUT2D eigenvalue weighted by Gasteiger charge is -2.23. The first-order chi connectivity index (χ1) is 26.4. The number of esters is 1. The summed E-state index contributed by atoms with van der Waals surface area (Å²) in [6.45, 7) is 6.37. The number of ether oxygens (including phenoxy) is 2. The SMILES string of the molecule is COC(=O)c1cc(-c2cc3c(cnn3COCC[Si](C)(C)C)nc2C(Cc2cc(F)cc(F)c2)NC(=O)Cn2nc(C(F)F)c3c2C(F)(F)[C@@H]2C[C@H]32)ccc1Cl. The molecule has 2 aliphatic rings. The molecule has 2 aliphatic carbocycles. The average Bonchev–Trinajstić information content (AvgIpc) is 3.61. The fourth-order valence-electron chi connectivity index (χ4n) is 7.24. The molecule has 0 radical (unpaired) electrons. The number of nitrogens with one attached hydrogen (secondary N) is 1. The van der Waals surface area contributed by atoms with Crippen molar-refractivity contribution >= 4 is 42.6 Å². The number of pyridine rings is 1.